The van der Waals surface area contributed by atoms with Gasteiger partial charge >= 0.3 is 12.3 Å². The molecule has 1 amide bonds. The van der Waals surface area contributed by atoms with Crippen LogP contribution in [0.2, 0.25) is 0 Å². The van der Waals surface area contributed by atoms with Crippen molar-refractivity contribution in [2.45, 2.75) is 25.7 Å². The van der Waals surface area contributed by atoms with Gasteiger partial charge in [-0.1, -0.05) is 12.1 Å². The van der Waals surface area contributed by atoms with Gasteiger partial charge in [0.25, 0.3) is 0 Å². The summed E-state index contributed by atoms with van der Waals surface area (Å²) in [5.74, 6) is -2.13. The van der Waals surface area contributed by atoms with Crippen molar-refractivity contribution in [3.8, 4) is 5.75 Å². The Balaban J connectivity index is 2.72. The predicted octanol–water partition coefficient (Wildman–Crippen LogP) is 1.72. The van der Waals surface area contributed by atoms with E-state index < -0.39 is 30.0 Å². The van der Waals surface area contributed by atoms with Gasteiger partial charge < -0.3 is 15.2 Å². The van der Waals surface area contributed by atoms with Crippen LogP contribution in [0.4, 0.5) is 13.2 Å². The van der Waals surface area contributed by atoms with E-state index in [1.165, 1.54) is 19.1 Å². The molecule has 8 heteroatoms. The minimum atomic E-state index is -4.78. The van der Waals surface area contributed by atoms with Crippen molar-refractivity contribution in [2.24, 2.45) is 0 Å². The number of nitrogens with one attached hydrogen (secondary N) is 1. The van der Waals surface area contributed by atoms with Crippen molar-refractivity contribution in [3.63, 3.8) is 0 Å². The van der Waals surface area contributed by atoms with E-state index in [4.69, 9.17) is 5.11 Å². The Labute approximate surface area is 112 Å². The van der Waals surface area contributed by atoms with Crippen LogP contribution in [0.25, 0.3) is 0 Å². The standard InChI is InChI=1S/C12H12F3NO4/c1-7(17)16-10(11(18)19)6-8-2-4-9(5-3-8)20-12(13,14)15/h2-5,10H,6H2,1H3,(H,16,17)(H,18,19). The molecule has 0 heterocycles. The smallest absolute Gasteiger partial charge is 0.480 e. The highest BCUT2D eigenvalue weighted by molar-refractivity contribution is 5.82. The molecule has 0 aliphatic heterocycles. The summed E-state index contributed by atoms with van der Waals surface area (Å²) in [6.45, 7) is 1.18. The molecule has 0 aliphatic rings. The average molecular weight is 291 g/mol. The SMILES string of the molecule is CC(=O)NC(Cc1ccc(OC(F)(F)F)cc1)C(=O)O. The molecule has 0 saturated carbocycles. The van der Waals surface area contributed by atoms with Crippen LogP contribution in [-0.4, -0.2) is 29.4 Å². The number of carboxylic acid groups (broad SMARTS) is 1. The first-order chi connectivity index (χ1) is 9.17. The van der Waals surface area contributed by atoms with E-state index in [2.05, 4.69) is 10.1 Å². The number of hydrogen-bond acceptors (Lipinski definition) is 3. The highest BCUT2D eigenvalue weighted by Gasteiger charge is 2.31. The Morgan fingerprint density at radius 1 is 1.30 bits per heavy atom. The normalized spacial score (nSPS) is 12.6. The lowest BCUT2D eigenvalue weighted by Crippen LogP contribution is -2.41. The van der Waals surface area contributed by atoms with E-state index in [1.54, 1.807) is 0 Å². The van der Waals surface area contributed by atoms with Gasteiger partial charge in [-0.2, -0.15) is 0 Å². The van der Waals surface area contributed by atoms with Gasteiger partial charge in [0, 0.05) is 13.3 Å². The molecular formula is C12H12F3NO4. The van der Waals surface area contributed by atoms with Crippen LogP contribution in [0.3, 0.4) is 0 Å². The molecule has 1 aromatic carbocycles. The maximum Gasteiger partial charge on any atom is 0.573 e. The number of hydrogen-bond donors (Lipinski definition) is 2. The van der Waals surface area contributed by atoms with E-state index in [1.807, 2.05) is 0 Å². The van der Waals surface area contributed by atoms with Gasteiger partial charge in [0.05, 0.1) is 0 Å². The van der Waals surface area contributed by atoms with Crippen molar-refractivity contribution in [3.05, 3.63) is 29.8 Å². The third-order valence-electron chi connectivity index (χ3n) is 2.27. The number of carboxylic acids is 1. The minimum Gasteiger partial charge on any atom is -0.480 e. The predicted molar refractivity (Wildman–Crippen MR) is 62.1 cm³/mol. The number of aliphatic carboxylic acids is 1. The quantitative estimate of drug-likeness (QED) is 0.866. The highest BCUT2D eigenvalue weighted by atomic mass is 19.4. The molecule has 0 spiro atoms. The highest BCUT2D eigenvalue weighted by Crippen LogP contribution is 2.23. The van der Waals surface area contributed by atoms with E-state index in [0.717, 1.165) is 12.1 Å². The van der Waals surface area contributed by atoms with Crippen LogP contribution in [-0.2, 0) is 16.0 Å². The lowest BCUT2D eigenvalue weighted by atomic mass is 10.1. The lowest BCUT2D eigenvalue weighted by molar-refractivity contribution is -0.274. The Morgan fingerprint density at radius 2 is 1.85 bits per heavy atom. The zero-order valence-electron chi connectivity index (χ0n) is 10.4. The summed E-state index contributed by atoms with van der Waals surface area (Å²) in [5, 5.41) is 11.1. The minimum absolute atomic E-state index is 0.0405. The third kappa shape index (κ3) is 5.59. The molecule has 5 nitrogen and oxygen atoms in total. The fraction of sp³-hybridized carbons (Fsp3) is 0.333. The summed E-state index contributed by atoms with van der Waals surface area (Å²) in [5.41, 5.74) is 0.459. The number of alkyl halides is 3. The van der Waals surface area contributed by atoms with Crippen LogP contribution >= 0.6 is 0 Å². The number of carbonyl (C=O) groups excluding carboxylic acids is 1. The Hall–Kier alpha value is -2.25. The second-order valence-electron chi connectivity index (χ2n) is 3.99. The number of benzene rings is 1. The van der Waals surface area contributed by atoms with Gasteiger partial charge in [-0.3, -0.25) is 4.79 Å². The molecule has 110 valence electrons. The van der Waals surface area contributed by atoms with Crippen molar-refractivity contribution >= 4 is 11.9 Å². The second-order valence-corrected chi connectivity index (χ2v) is 3.99. The Kier molecular flexibility index (Phi) is 4.95. The molecule has 1 aromatic rings. The van der Waals surface area contributed by atoms with Gasteiger partial charge in [-0.15, -0.1) is 13.2 Å². The monoisotopic (exact) mass is 291 g/mol. The molecule has 0 saturated heterocycles. The molecule has 0 aromatic heterocycles. The molecule has 0 fully saturated rings. The zero-order valence-corrected chi connectivity index (χ0v) is 10.4. The third-order valence-corrected chi connectivity index (χ3v) is 2.27. The summed E-state index contributed by atoms with van der Waals surface area (Å²) < 4.78 is 39.5. The van der Waals surface area contributed by atoms with Gasteiger partial charge in [0.2, 0.25) is 5.91 Å². The Bertz CT molecular complexity index is 484. The van der Waals surface area contributed by atoms with Crippen molar-refractivity contribution in [1.29, 1.82) is 0 Å². The molecule has 0 aliphatic carbocycles. The van der Waals surface area contributed by atoms with E-state index >= 15 is 0 Å². The second kappa shape index (κ2) is 6.27. The molecular weight excluding hydrogens is 279 g/mol. The van der Waals surface area contributed by atoms with E-state index in [9.17, 15) is 22.8 Å². The van der Waals surface area contributed by atoms with Crippen LogP contribution in [0, 0.1) is 0 Å². The number of amides is 1. The van der Waals surface area contributed by atoms with Crippen molar-refractivity contribution < 1.29 is 32.6 Å². The average Bonchev–Trinajstić information content (AvgIpc) is 2.28. The maximum absolute atomic E-state index is 12.0. The van der Waals surface area contributed by atoms with Gasteiger partial charge in [0.15, 0.2) is 0 Å². The molecule has 1 rings (SSSR count). The van der Waals surface area contributed by atoms with Gasteiger partial charge in [-0.25, -0.2) is 4.79 Å². The number of halogens is 3. The summed E-state index contributed by atoms with van der Waals surface area (Å²) >= 11 is 0. The van der Waals surface area contributed by atoms with E-state index in [0.29, 0.717) is 5.56 Å². The Morgan fingerprint density at radius 3 is 2.25 bits per heavy atom. The number of ether oxygens (including phenoxy) is 1. The zero-order chi connectivity index (χ0) is 15.3. The van der Waals surface area contributed by atoms with Crippen molar-refractivity contribution in [1.82, 2.24) is 5.32 Å². The van der Waals surface area contributed by atoms with E-state index in [-0.39, 0.29) is 6.42 Å². The molecule has 1 unspecified atom stereocenters. The fourth-order valence-electron chi connectivity index (χ4n) is 1.51. The largest absolute Gasteiger partial charge is 0.573 e. The first kappa shape index (κ1) is 15.8. The maximum atomic E-state index is 12.0. The summed E-state index contributed by atoms with van der Waals surface area (Å²) in [6.07, 6.45) is -4.82. The van der Waals surface area contributed by atoms with Crippen LogP contribution in [0.15, 0.2) is 24.3 Å². The molecule has 20 heavy (non-hydrogen) atoms. The van der Waals surface area contributed by atoms with Crippen molar-refractivity contribution in [2.75, 3.05) is 0 Å². The molecule has 2 N–H and O–H groups in total. The summed E-state index contributed by atoms with van der Waals surface area (Å²) in [6, 6.07) is 3.63. The fourth-order valence-corrected chi connectivity index (χ4v) is 1.51. The molecule has 1 atom stereocenters. The summed E-state index contributed by atoms with van der Waals surface area (Å²) in [4.78, 5) is 21.7. The number of rotatable bonds is 5. The first-order valence-electron chi connectivity index (χ1n) is 5.52. The molecule has 0 radical (unpaired) electrons. The van der Waals surface area contributed by atoms with Gasteiger partial charge in [0.1, 0.15) is 11.8 Å². The summed E-state index contributed by atoms with van der Waals surface area (Å²) in [7, 11) is 0. The topological polar surface area (TPSA) is 75.6 Å². The van der Waals surface area contributed by atoms with Crippen LogP contribution in [0.5, 0.6) is 5.75 Å². The van der Waals surface area contributed by atoms with Crippen LogP contribution in [0.1, 0.15) is 12.5 Å². The lowest BCUT2D eigenvalue weighted by Gasteiger charge is -2.14. The number of carbonyl (C=O) groups is 2. The van der Waals surface area contributed by atoms with Crippen LogP contribution < -0.4 is 10.1 Å². The van der Waals surface area contributed by atoms with Gasteiger partial charge in [-0.05, 0) is 17.7 Å². The molecule has 0 bridgehead atoms. The first-order valence-corrected chi connectivity index (χ1v) is 5.52.